The molecule has 0 spiro atoms. The molecule has 35 heavy (non-hydrogen) atoms. The van der Waals surface area contributed by atoms with Crippen molar-refractivity contribution in [2.45, 2.75) is 31.7 Å². The number of hydrogen-bond donors (Lipinski definition) is 3. The maximum atomic E-state index is 12.7. The summed E-state index contributed by atoms with van der Waals surface area (Å²) in [6, 6.07) is 19.6. The molecule has 0 bridgehead atoms. The molecule has 0 aliphatic carbocycles. The van der Waals surface area contributed by atoms with E-state index in [0.29, 0.717) is 29.1 Å². The van der Waals surface area contributed by atoms with E-state index in [0.717, 1.165) is 5.56 Å². The van der Waals surface area contributed by atoms with Gasteiger partial charge in [0.25, 0.3) is 15.9 Å². The average Bonchev–Trinajstić information content (AvgIpc) is 2.82. The zero-order valence-electron chi connectivity index (χ0n) is 19.9. The average molecular weight is 496 g/mol. The number of anilines is 2. The first kappa shape index (κ1) is 25.8. The molecule has 8 nitrogen and oxygen atoms in total. The van der Waals surface area contributed by atoms with Crippen molar-refractivity contribution in [2.75, 3.05) is 17.1 Å². The lowest BCUT2D eigenvalue weighted by molar-refractivity contribution is -0.116. The van der Waals surface area contributed by atoms with Gasteiger partial charge in [0, 0.05) is 24.2 Å². The molecule has 0 heterocycles. The van der Waals surface area contributed by atoms with Crippen LogP contribution in [0, 0.1) is 5.92 Å². The minimum Gasteiger partial charge on any atom is -0.495 e. The fraction of sp³-hybridized carbons (Fsp3) is 0.231. The van der Waals surface area contributed by atoms with Gasteiger partial charge in [-0.25, -0.2) is 8.42 Å². The predicted octanol–water partition coefficient (Wildman–Crippen LogP) is 4.41. The van der Waals surface area contributed by atoms with Crippen molar-refractivity contribution < 1.29 is 22.7 Å². The Labute approximate surface area is 205 Å². The van der Waals surface area contributed by atoms with Crippen LogP contribution in [-0.2, 0) is 21.4 Å². The van der Waals surface area contributed by atoms with E-state index in [-0.39, 0.29) is 29.2 Å². The summed E-state index contributed by atoms with van der Waals surface area (Å²) in [5.74, 6) is 0.253. The SMILES string of the molecule is COc1ccccc1NS(=O)(=O)c1ccc(C(=O)NCc2cccc(NC(=O)CC(C)C)c2)cc1. The highest BCUT2D eigenvalue weighted by atomic mass is 32.2. The van der Waals surface area contributed by atoms with Gasteiger partial charge in [-0.15, -0.1) is 0 Å². The molecule has 184 valence electrons. The van der Waals surface area contributed by atoms with Crippen LogP contribution in [-0.4, -0.2) is 27.3 Å². The number of nitrogens with one attached hydrogen (secondary N) is 3. The molecule has 0 aromatic heterocycles. The van der Waals surface area contributed by atoms with Crippen LogP contribution in [0.1, 0.15) is 36.2 Å². The number of hydrogen-bond acceptors (Lipinski definition) is 5. The highest BCUT2D eigenvalue weighted by molar-refractivity contribution is 7.92. The van der Waals surface area contributed by atoms with Gasteiger partial charge in [0.05, 0.1) is 17.7 Å². The molecule has 0 saturated heterocycles. The van der Waals surface area contributed by atoms with Crippen molar-refractivity contribution in [1.82, 2.24) is 5.32 Å². The molecule has 0 radical (unpaired) electrons. The maximum Gasteiger partial charge on any atom is 0.262 e. The van der Waals surface area contributed by atoms with Gasteiger partial charge in [0.15, 0.2) is 0 Å². The smallest absolute Gasteiger partial charge is 0.262 e. The second-order valence-corrected chi connectivity index (χ2v) is 10.0. The van der Waals surface area contributed by atoms with Crippen molar-refractivity contribution in [3.05, 3.63) is 83.9 Å². The highest BCUT2D eigenvalue weighted by Gasteiger charge is 2.17. The first-order valence-corrected chi connectivity index (χ1v) is 12.6. The standard InChI is InChI=1S/C26H29N3O5S/c1-18(2)15-25(30)28-21-8-6-7-19(16-21)17-27-26(31)20-11-13-22(14-12-20)35(32,33)29-23-9-4-5-10-24(23)34-3/h4-14,16,18,29H,15,17H2,1-3H3,(H,27,31)(H,28,30). The summed E-state index contributed by atoms with van der Waals surface area (Å²) in [5, 5.41) is 5.66. The Balaban J connectivity index is 1.61. The maximum absolute atomic E-state index is 12.7. The van der Waals surface area contributed by atoms with E-state index in [9.17, 15) is 18.0 Å². The second-order valence-electron chi connectivity index (χ2n) is 8.36. The lowest BCUT2D eigenvalue weighted by Gasteiger charge is -2.12. The van der Waals surface area contributed by atoms with Crippen LogP contribution < -0.4 is 20.1 Å². The number of para-hydroxylation sites is 2. The Morgan fingerprint density at radius 1 is 0.943 bits per heavy atom. The fourth-order valence-corrected chi connectivity index (χ4v) is 4.41. The molecule has 0 atom stereocenters. The quantitative estimate of drug-likeness (QED) is 0.386. The molecule has 3 N–H and O–H groups in total. The first-order chi connectivity index (χ1) is 16.7. The van der Waals surface area contributed by atoms with E-state index in [1.165, 1.54) is 31.4 Å². The van der Waals surface area contributed by atoms with Crippen molar-refractivity contribution >= 4 is 33.2 Å². The molecule has 0 saturated carbocycles. The Morgan fingerprint density at radius 2 is 1.66 bits per heavy atom. The number of ether oxygens (including phenoxy) is 1. The van der Waals surface area contributed by atoms with Gasteiger partial charge in [0.2, 0.25) is 5.91 Å². The van der Waals surface area contributed by atoms with Gasteiger partial charge in [-0.2, -0.15) is 0 Å². The van der Waals surface area contributed by atoms with Crippen LogP contribution >= 0.6 is 0 Å². The van der Waals surface area contributed by atoms with Gasteiger partial charge in [-0.3, -0.25) is 14.3 Å². The molecule has 3 aromatic rings. The predicted molar refractivity (Wildman–Crippen MR) is 136 cm³/mol. The summed E-state index contributed by atoms with van der Waals surface area (Å²) < 4.78 is 33.1. The number of rotatable bonds is 10. The lowest BCUT2D eigenvalue weighted by atomic mass is 10.1. The zero-order valence-corrected chi connectivity index (χ0v) is 20.7. The van der Waals surface area contributed by atoms with Gasteiger partial charge in [-0.1, -0.05) is 38.1 Å². The molecular weight excluding hydrogens is 466 g/mol. The molecule has 0 aliphatic heterocycles. The molecule has 0 aliphatic rings. The van der Waals surface area contributed by atoms with Crippen molar-refractivity contribution in [3.8, 4) is 5.75 Å². The lowest BCUT2D eigenvalue weighted by Crippen LogP contribution is -2.23. The van der Waals surface area contributed by atoms with E-state index in [1.54, 1.807) is 42.5 Å². The van der Waals surface area contributed by atoms with E-state index in [4.69, 9.17) is 4.74 Å². The zero-order chi connectivity index (χ0) is 25.4. The molecule has 2 amide bonds. The highest BCUT2D eigenvalue weighted by Crippen LogP contribution is 2.26. The van der Waals surface area contributed by atoms with E-state index in [2.05, 4.69) is 15.4 Å². The number of benzene rings is 3. The van der Waals surface area contributed by atoms with Gasteiger partial charge >= 0.3 is 0 Å². The summed E-state index contributed by atoms with van der Waals surface area (Å²) in [4.78, 5) is 24.6. The monoisotopic (exact) mass is 495 g/mol. The summed E-state index contributed by atoms with van der Waals surface area (Å²) in [6.45, 7) is 4.21. The Kier molecular flexibility index (Phi) is 8.48. The number of sulfonamides is 1. The summed E-state index contributed by atoms with van der Waals surface area (Å²) in [6.07, 6.45) is 0.432. The van der Waals surface area contributed by atoms with E-state index < -0.39 is 10.0 Å². The van der Waals surface area contributed by atoms with Crippen LogP contribution in [0.2, 0.25) is 0 Å². The topological polar surface area (TPSA) is 114 Å². The van der Waals surface area contributed by atoms with Gasteiger partial charge in [0.1, 0.15) is 5.75 Å². The number of carbonyl (C=O) groups is 2. The fourth-order valence-electron chi connectivity index (χ4n) is 3.34. The number of carbonyl (C=O) groups excluding carboxylic acids is 2. The van der Waals surface area contributed by atoms with Crippen LogP contribution in [0.15, 0.2) is 77.7 Å². The van der Waals surface area contributed by atoms with Crippen LogP contribution in [0.25, 0.3) is 0 Å². The second kappa shape index (κ2) is 11.5. The third-order valence-corrected chi connectivity index (χ3v) is 6.42. The van der Waals surface area contributed by atoms with E-state index >= 15 is 0 Å². The van der Waals surface area contributed by atoms with Crippen molar-refractivity contribution in [3.63, 3.8) is 0 Å². The molecule has 3 rings (SSSR count). The largest absolute Gasteiger partial charge is 0.495 e. The summed E-state index contributed by atoms with van der Waals surface area (Å²) >= 11 is 0. The first-order valence-electron chi connectivity index (χ1n) is 11.1. The van der Waals surface area contributed by atoms with E-state index in [1.807, 2.05) is 19.9 Å². The Bertz CT molecular complexity index is 1290. The minimum atomic E-state index is -3.86. The Morgan fingerprint density at radius 3 is 2.34 bits per heavy atom. The molecule has 9 heteroatoms. The van der Waals surface area contributed by atoms with Crippen molar-refractivity contribution in [2.24, 2.45) is 5.92 Å². The number of methoxy groups -OCH3 is 1. The third-order valence-electron chi connectivity index (χ3n) is 5.04. The van der Waals surface area contributed by atoms with Crippen LogP contribution in [0.4, 0.5) is 11.4 Å². The van der Waals surface area contributed by atoms with Crippen LogP contribution in [0.5, 0.6) is 5.75 Å². The third kappa shape index (κ3) is 7.31. The van der Waals surface area contributed by atoms with Gasteiger partial charge in [-0.05, 0) is 60.0 Å². The van der Waals surface area contributed by atoms with Gasteiger partial charge < -0.3 is 15.4 Å². The molecular formula is C26H29N3O5S. The summed E-state index contributed by atoms with van der Waals surface area (Å²) in [7, 11) is -2.40. The molecule has 0 fully saturated rings. The summed E-state index contributed by atoms with van der Waals surface area (Å²) in [5.41, 5.74) is 2.13. The Hall–Kier alpha value is -3.85. The number of amides is 2. The normalized spacial score (nSPS) is 11.1. The molecule has 3 aromatic carbocycles. The minimum absolute atomic E-state index is 0.0183. The molecule has 0 unspecified atom stereocenters. The van der Waals surface area contributed by atoms with Crippen molar-refractivity contribution in [1.29, 1.82) is 0 Å². The van der Waals surface area contributed by atoms with Crippen LogP contribution in [0.3, 0.4) is 0 Å².